The van der Waals surface area contributed by atoms with E-state index in [1.165, 1.54) is 0 Å². The largest absolute Gasteiger partial charge is 0.375 e. The molecular weight excluding hydrogens is 158 g/mol. The number of hydrogen-bond acceptors (Lipinski definition) is 2. The molecule has 0 spiro atoms. The summed E-state index contributed by atoms with van der Waals surface area (Å²) >= 11 is 4.60. The Morgan fingerprint density at radius 3 is 2.18 bits per heavy atom. The zero-order valence-corrected chi connectivity index (χ0v) is 8.25. The lowest BCUT2D eigenvalue weighted by molar-refractivity contribution is 0.583. The molecule has 0 rings (SSSR count). The maximum Gasteiger partial charge on any atom is 0.184 e. The predicted octanol–water partition coefficient (Wildman–Crippen LogP) is 1.24. The summed E-state index contributed by atoms with van der Waals surface area (Å²) in [5.74, 6) is 0. The Balaban J connectivity index is 4.12. The van der Waals surface area contributed by atoms with Gasteiger partial charge in [0.1, 0.15) is 0 Å². The van der Waals surface area contributed by atoms with Crippen LogP contribution in [0, 0.1) is 5.41 Å². The van der Waals surface area contributed by atoms with E-state index < -0.39 is 0 Å². The molecule has 0 aliphatic rings. The molecule has 0 aromatic carbocycles. The van der Waals surface area contributed by atoms with Gasteiger partial charge in [-0.3, -0.25) is 5.43 Å². The number of nitrogens with two attached hydrogens (primary N) is 1. The van der Waals surface area contributed by atoms with E-state index in [0.29, 0.717) is 0 Å². The van der Waals surface area contributed by atoms with E-state index in [4.69, 9.17) is 5.73 Å². The van der Waals surface area contributed by atoms with Gasteiger partial charge in [0.05, 0.1) is 0 Å². The molecule has 64 valence electrons. The summed E-state index contributed by atoms with van der Waals surface area (Å²) in [5, 5.41) is 4.20. The van der Waals surface area contributed by atoms with Gasteiger partial charge < -0.3 is 5.73 Å². The van der Waals surface area contributed by atoms with Crippen LogP contribution in [-0.4, -0.2) is 10.8 Å². The van der Waals surface area contributed by atoms with Crippen molar-refractivity contribution in [2.75, 3.05) is 0 Å². The molecule has 3 nitrogen and oxygen atoms in total. The van der Waals surface area contributed by atoms with Gasteiger partial charge in [-0.2, -0.15) is 5.10 Å². The van der Waals surface area contributed by atoms with Crippen LogP contribution in [0.5, 0.6) is 0 Å². The van der Waals surface area contributed by atoms with Crippen molar-refractivity contribution >= 4 is 23.0 Å². The molecule has 0 aliphatic heterocycles. The minimum atomic E-state index is 0.0672. The zero-order chi connectivity index (χ0) is 9.07. The van der Waals surface area contributed by atoms with E-state index in [-0.39, 0.29) is 10.5 Å². The maximum atomic E-state index is 5.20. The second-order valence-electron chi connectivity index (χ2n) is 3.42. The average molecular weight is 173 g/mol. The van der Waals surface area contributed by atoms with Crippen LogP contribution in [0.25, 0.3) is 0 Å². The van der Waals surface area contributed by atoms with E-state index in [9.17, 15) is 0 Å². The lowest BCUT2D eigenvalue weighted by Gasteiger charge is -2.17. The summed E-state index contributed by atoms with van der Waals surface area (Å²) in [6.45, 7) is 8.17. The Bertz CT molecular complexity index is 179. The topological polar surface area (TPSA) is 50.4 Å². The first kappa shape index (κ1) is 10.4. The van der Waals surface area contributed by atoms with E-state index >= 15 is 0 Å². The summed E-state index contributed by atoms with van der Waals surface area (Å²) in [6, 6.07) is 0. The predicted molar refractivity (Wildman–Crippen MR) is 52.5 cm³/mol. The van der Waals surface area contributed by atoms with Crippen molar-refractivity contribution in [2.45, 2.75) is 27.7 Å². The van der Waals surface area contributed by atoms with Gasteiger partial charge >= 0.3 is 0 Å². The fourth-order valence-electron chi connectivity index (χ4n) is 0.307. The molecule has 0 amide bonds. The Hall–Kier alpha value is -0.640. The molecule has 0 heterocycles. The smallest absolute Gasteiger partial charge is 0.184 e. The molecule has 0 fully saturated rings. The van der Waals surface area contributed by atoms with Gasteiger partial charge in [0, 0.05) is 11.1 Å². The van der Waals surface area contributed by atoms with Gasteiger partial charge in [-0.25, -0.2) is 0 Å². The van der Waals surface area contributed by atoms with Gasteiger partial charge in [-0.1, -0.05) is 20.8 Å². The summed E-state index contributed by atoms with van der Waals surface area (Å²) in [5.41, 5.74) is 8.79. The lowest BCUT2D eigenvalue weighted by Crippen LogP contribution is -2.28. The quantitative estimate of drug-likeness (QED) is 0.356. The summed E-state index contributed by atoms with van der Waals surface area (Å²) in [7, 11) is 0. The third-order valence-corrected chi connectivity index (χ3v) is 1.51. The maximum absolute atomic E-state index is 5.20. The Labute approximate surface area is 73.0 Å². The highest BCUT2D eigenvalue weighted by atomic mass is 32.1. The molecule has 0 atom stereocenters. The number of rotatable bonds is 1. The fourth-order valence-corrected chi connectivity index (χ4v) is 0.352. The molecule has 0 saturated carbocycles. The van der Waals surface area contributed by atoms with Gasteiger partial charge in [-0.05, 0) is 19.1 Å². The third kappa shape index (κ3) is 4.72. The first-order chi connectivity index (χ1) is 4.84. The van der Waals surface area contributed by atoms with Gasteiger partial charge in [0.2, 0.25) is 0 Å². The second kappa shape index (κ2) is 3.67. The normalized spacial score (nSPS) is 12.9. The Morgan fingerprint density at radius 2 is 1.91 bits per heavy atom. The standard InChI is InChI=1S/C7H15N3S/c1-5(7(2,3)4)9-10-6(8)11/h1-4H3,(H3,8,10,11). The van der Waals surface area contributed by atoms with Crippen molar-refractivity contribution in [3.63, 3.8) is 0 Å². The monoisotopic (exact) mass is 173 g/mol. The molecule has 0 radical (unpaired) electrons. The van der Waals surface area contributed by atoms with Crippen LogP contribution in [0.2, 0.25) is 0 Å². The molecule has 0 aromatic rings. The SMILES string of the molecule is CC(=NNC(N)=S)C(C)(C)C. The van der Waals surface area contributed by atoms with Crippen molar-refractivity contribution in [1.82, 2.24) is 5.43 Å². The number of hydrazone groups is 1. The highest BCUT2D eigenvalue weighted by molar-refractivity contribution is 7.80. The van der Waals surface area contributed by atoms with Crippen LogP contribution in [0.4, 0.5) is 0 Å². The Morgan fingerprint density at radius 1 is 1.45 bits per heavy atom. The lowest BCUT2D eigenvalue weighted by atomic mass is 9.91. The molecule has 0 aliphatic carbocycles. The summed E-state index contributed by atoms with van der Waals surface area (Å²) in [4.78, 5) is 0. The van der Waals surface area contributed by atoms with Crippen molar-refractivity contribution in [1.29, 1.82) is 0 Å². The molecule has 3 N–H and O–H groups in total. The number of nitrogens with zero attached hydrogens (tertiary/aromatic N) is 1. The van der Waals surface area contributed by atoms with Gasteiger partial charge in [0.15, 0.2) is 5.11 Å². The fraction of sp³-hybridized carbons (Fsp3) is 0.714. The van der Waals surface area contributed by atoms with E-state index in [0.717, 1.165) is 5.71 Å². The van der Waals surface area contributed by atoms with Crippen LogP contribution >= 0.6 is 12.2 Å². The van der Waals surface area contributed by atoms with E-state index in [1.54, 1.807) is 0 Å². The van der Waals surface area contributed by atoms with Crippen molar-refractivity contribution < 1.29 is 0 Å². The minimum absolute atomic E-state index is 0.0672. The van der Waals surface area contributed by atoms with E-state index in [1.807, 2.05) is 6.92 Å². The molecule has 4 heteroatoms. The van der Waals surface area contributed by atoms with Crippen molar-refractivity contribution in [3.05, 3.63) is 0 Å². The van der Waals surface area contributed by atoms with Crippen LogP contribution in [0.15, 0.2) is 5.10 Å². The number of hydrogen-bond donors (Lipinski definition) is 2. The zero-order valence-electron chi connectivity index (χ0n) is 7.43. The van der Waals surface area contributed by atoms with Crippen LogP contribution in [0.1, 0.15) is 27.7 Å². The van der Waals surface area contributed by atoms with Gasteiger partial charge in [-0.15, -0.1) is 0 Å². The Kier molecular flexibility index (Phi) is 3.45. The molecule has 11 heavy (non-hydrogen) atoms. The van der Waals surface area contributed by atoms with Crippen LogP contribution in [0.3, 0.4) is 0 Å². The van der Waals surface area contributed by atoms with Gasteiger partial charge in [0.25, 0.3) is 0 Å². The molecular formula is C7H15N3S. The number of thiocarbonyl (C=S) groups is 1. The first-order valence-electron chi connectivity index (χ1n) is 3.44. The van der Waals surface area contributed by atoms with E-state index in [2.05, 4.69) is 43.5 Å². The molecule has 0 aromatic heterocycles. The van der Waals surface area contributed by atoms with Crippen molar-refractivity contribution in [2.24, 2.45) is 16.3 Å². The highest BCUT2D eigenvalue weighted by Gasteiger charge is 2.13. The van der Waals surface area contributed by atoms with Crippen molar-refractivity contribution in [3.8, 4) is 0 Å². The molecule has 0 saturated heterocycles. The second-order valence-corrected chi connectivity index (χ2v) is 3.86. The summed E-state index contributed by atoms with van der Waals surface area (Å²) in [6.07, 6.45) is 0. The summed E-state index contributed by atoms with van der Waals surface area (Å²) < 4.78 is 0. The molecule has 0 unspecified atom stereocenters. The average Bonchev–Trinajstić information content (AvgIpc) is 1.80. The highest BCUT2D eigenvalue weighted by Crippen LogP contribution is 2.14. The van der Waals surface area contributed by atoms with Crippen LogP contribution in [-0.2, 0) is 0 Å². The minimum Gasteiger partial charge on any atom is -0.375 e. The number of nitrogens with one attached hydrogen (secondary N) is 1. The third-order valence-electron chi connectivity index (χ3n) is 1.42. The first-order valence-corrected chi connectivity index (χ1v) is 3.85. The molecule has 0 bridgehead atoms. The van der Waals surface area contributed by atoms with Crippen LogP contribution < -0.4 is 11.2 Å².